The molecule has 1 aromatic heterocycles. The third-order valence-electron chi connectivity index (χ3n) is 3.06. The van der Waals surface area contributed by atoms with Crippen molar-refractivity contribution in [2.45, 2.75) is 20.3 Å². The number of fused-ring (bicyclic) bond motifs is 1. The molecule has 0 atom stereocenters. The molecule has 0 saturated carbocycles. The summed E-state index contributed by atoms with van der Waals surface area (Å²) < 4.78 is 5.59. The summed E-state index contributed by atoms with van der Waals surface area (Å²) >= 11 is 0. The normalized spacial score (nSPS) is 10.7. The molecule has 106 valence electrons. The van der Waals surface area contributed by atoms with E-state index in [4.69, 9.17) is 9.52 Å². The van der Waals surface area contributed by atoms with Crippen LogP contribution in [-0.4, -0.2) is 35.0 Å². The lowest BCUT2D eigenvalue weighted by Gasteiger charge is -2.18. The van der Waals surface area contributed by atoms with E-state index in [1.807, 2.05) is 32.0 Å². The van der Waals surface area contributed by atoms with Crippen LogP contribution in [0.3, 0.4) is 0 Å². The van der Waals surface area contributed by atoms with Crippen LogP contribution in [0.4, 0.5) is 0 Å². The van der Waals surface area contributed by atoms with E-state index < -0.39 is 5.97 Å². The first kappa shape index (κ1) is 14.1. The lowest BCUT2D eigenvalue weighted by Crippen LogP contribution is -2.36. The molecule has 0 unspecified atom stereocenters. The number of benzene rings is 1. The molecule has 0 radical (unpaired) electrons. The highest BCUT2D eigenvalue weighted by Crippen LogP contribution is 2.23. The number of para-hydroxylation sites is 1. The van der Waals surface area contributed by atoms with Crippen molar-refractivity contribution in [2.24, 2.45) is 0 Å². The van der Waals surface area contributed by atoms with Crippen LogP contribution in [-0.2, 0) is 4.79 Å². The number of carbonyl (C=O) groups is 2. The van der Waals surface area contributed by atoms with E-state index in [1.165, 1.54) is 4.90 Å². The molecule has 5 heteroatoms. The summed E-state index contributed by atoms with van der Waals surface area (Å²) in [6.07, 6.45) is 0.693. The quantitative estimate of drug-likeness (QED) is 0.910. The van der Waals surface area contributed by atoms with Gasteiger partial charge in [-0.25, -0.2) is 0 Å². The molecule has 5 nitrogen and oxygen atoms in total. The van der Waals surface area contributed by atoms with E-state index in [0.29, 0.717) is 18.5 Å². The number of furan rings is 1. The second kappa shape index (κ2) is 5.77. The molecule has 1 N–H and O–H groups in total. The van der Waals surface area contributed by atoms with E-state index in [-0.39, 0.29) is 18.2 Å². The molecule has 0 saturated heterocycles. The third-order valence-corrected chi connectivity index (χ3v) is 3.06. The fraction of sp³-hybridized carbons (Fsp3) is 0.333. The third kappa shape index (κ3) is 2.82. The average molecular weight is 275 g/mol. The number of hydrogen-bond donors (Lipinski definition) is 1. The van der Waals surface area contributed by atoms with Crippen molar-refractivity contribution in [3.63, 3.8) is 0 Å². The summed E-state index contributed by atoms with van der Waals surface area (Å²) in [5.74, 6) is -1.23. The minimum atomic E-state index is -1.03. The highest BCUT2D eigenvalue weighted by molar-refractivity contribution is 5.97. The van der Waals surface area contributed by atoms with Gasteiger partial charge in [-0.3, -0.25) is 9.59 Å². The maximum absolute atomic E-state index is 12.3. The van der Waals surface area contributed by atoms with E-state index in [2.05, 4.69) is 0 Å². The van der Waals surface area contributed by atoms with Crippen LogP contribution in [0.15, 0.2) is 28.7 Å². The molecule has 2 rings (SSSR count). The van der Waals surface area contributed by atoms with Crippen molar-refractivity contribution in [3.05, 3.63) is 35.6 Å². The van der Waals surface area contributed by atoms with E-state index in [0.717, 1.165) is 10.9 Å². The van der Waals surface area contributed by atoms with Crippen LogP contribution in [0.25, 0.3) is 11.0 Å². The number of carboxylic acids is 1. The second-order valence-corrected chi connectivity index (χ2v) is 4.72. The first-order valence-corrected chi connectivity index (χ1v) is 6.53. The molecule has 0 aliphatic carbocycles. The second-order valence-electron chi connectivity index (χ2n) is 4.72. The molecular formula is C15H17NO4. The molecule has 0 aliphatic rings. The maximum Gasteiger partial charge on any atom is 0.323 e. The zero-order valence-electron chi connectivity index (χ0n) is 11.5. The summed E-state index contributed by atoms with van der Waals surface area (Å²) in [5.41, 5.74) is 1.62. The molecule has 1 amide bonds. The Labute approximate surface area is 116 Å². The van der Waals surface area contributed by atoms with Crippen LogP contribution in [0.2, 0.25) is 0 Å². The van der Waals surface area contributed by atoms with Crippen LogP contribution in [0, 0.1) is 6.92 Å². The van der Waals surface area contributed by atoms with Gasteiger partial charge in [-0.1, -0.05) is 25.1 Å². The Morgan fingerprint density at radius 2 is 2.10 bits per heavy atom. The first-order valence-electron chi connectivity index (χ1n) is 6.53. The Bertz CT molecular complexity index is 644. The van der Waals surface area contributed by atoms with Gasteiger partial charge in [-0.05, 0) is 25.0 Å². The molecular weight excluding hydrogens is 258 g/mol. The Kier molecular flexibility index (Phi) is 4.08. The molecule has 0 spiro atoms. The van der Waals surface area contributed by atoms with Crippen molar-refractivity contribution in [1.82, 2.24) is 4.90 Å². The number of amides is 1. The molecule has 1 aromatic carbocycles. The van der Waals surface area contributed by atoms with Crippen LogP contribution >= 0.6 is 0 Å². The van der Waals surface area contributed by atoms with Gasteiger partial charge in [0.05, 0.1) is 0 Å². The fourth-order valence-electron chi connectivity index (χ4n) is 2.16. The Hall–Kier alpha value is -2.30. The van der Waals surface area contributed by atoms with E-state index in [1.54, 1.807) is 6.07 Å². The number of aliphatic carboxylic acids is 1. The van der Waals surface area contributed by atoms with Crippen LogP contribution in [0.1, 0.15) is 29.5 Å². The van der Waals surface area contributed by atoms with E-state index in [9.17, 15) is 9.59 Å². The number of carboxylic acid groups (broad SMARTS) is 1. The highest BCUT2D eigenvalue weighted by Gasteiger charge is 2.21. The van der Waals surface area contributed by atoms with Crippen molar-refractivity contribution in [2.75, 3.05) is 13.1 Å². The number of aryl methyl sites for hydroxylation is 1. The standard InChI is InChI=1S/C15H17NO4/c1-3-7-16(9-13(17)18)15(19)12-8-11-6-4-5-10(2)14(11)20-12/h4-6,8H,3,7,9H2,1-2H3,(H,17,18). The van der Waals surface area contributed by atoms with Gasteiger partial charge in [0, 0.05) is 11.9 Å². The molecule has 2 aromatic rings. The number of carbonyl (C=O) groups excluding carboxylic acids is 1. The van der Waals surface area contributed by atoms with Gasteiger partial charge >= 0.3 is 5.97 Å². The van der Waals surface area contributed by atoms with Gasteiger partial charge in [0.25, 0.3) is 5.91 Å². The smallest absolute Gasteiger partial charge is 0.323 e. The van der Waals surface area contributed by atoms with Gasteiger partial charge in [0.1, 0.15) is 12.1 Å². The number of hydrogen-bond acceptors (Lipinski definition) is 3. The zero-order valence-corrected chi connectivity index (χ0v) is 11.5. The largest absolute Gasteiger partial charge is 0.480 e. The maximum atomic E-state index is 12.3. The highest BCUT2D eigenvalue weighted by atomic mass is 16.4. The minimum Gasteiger partial charge on any atom is -0.480 e. The van der Waals surface area contributed by atoms with Gasteiger partial charge in [0.2, 0.25) is 0 Å². The van der Waals surface area contributed by atoms with Gasteiger partial charge in [-0.15, -0.1) is 0 Å². The summed E-state index contributed by atoms with van der Waals surface area (Å²) in [4.78, 5) is 24.4. The Morgan fingerprint density at radius 1 is 1.35 bits per heavy atom. The summed E-state index contributed by atoms with van der Waals surface area (Å²) in [6.45, 7) is 3.87. The lowest BCUT2D eigenvalue weighted by molar-refractivity contribution is -0.137. The summed E-state index contributed by atoms with van der Waals surface area (Å²) in [7, 11) is 0. The van der Waals surface area contributed by atoms with Crippen molar-refractivity contribution >= 4 is 22.8 Å². The minimum absolute atomic E-state index is 0.184. The molecule has 0 bridgehead atoms. The van der Waals surface area contributed by atoms with Gasteiger partial charge in [0.15, 0.2) is 5.76 Å². The molecule has 0 fully saturated rings. The van der Waals surface area contributed by atoms with Crippen LogP contribution in [0.5, 0.6) is 0 Å². The number of rotatable bonds is 5. The van der Waals surface area contributed by atoms with Crippen LogP contribution < -0.4 is 0 Å². The molecule has 1 heterocycles. The van der Waals surface area contributed by atoms with Crippen molar-refractivity contribution in [3.8, 4) is 0 Å². The van der Waals surface area contributed by atoms with Gasteiger partial charge < -0.3 is 14.4 Å². The summed E-state index contributed by atoms with van der Waals surface area (Å²) in [6, 6.07) is 7.32. The van der Waals surface area contributed by atoms with Crippen molar-refractivity contribution < 1.29 is 19.1 Å². The average Bonchev–Trinajstić information content (AvgIpc) is 2.82. The lowest BCUT2D eigenvalue weighted by atomic mass is 10.2. The Morgan fingerprint density at radius 3 is 2.70 bits per heavy atom. The van der Waals surface area contributed by atoms with Gasteiger partial charge in [-0.2, -0.15) is 0 Å². The topological polar surface area (TPSA) is 70.8 Å². The first-order chi connectivity index (χ1) is 9.52. The van der Waals surface area contributed by atoms with E-state index >= 15 is 0 Å². The molecule has 20 heavy (non-hydrogen) atoms. The van der Waals surface area contributed by atoms with Crippen molar-refractivity contribution in [1.29, 1.82) is 0 Å². The monoisotopic (exact) mass is 275 g/mol. The number of nitrogens with zero attached hydrogens (tertiary/aromatic N) is 1. The predicted molar refractivity (Wildman–Crippen MR) is 74.8 cm³/mol. The fourth-order valence-corrected chi connectivity index (χ4v) is 2.16. The zero-order chi connectivity index (χ0) is 14.7. The Balaban J connectivity index is 2.33. The summed E-state index contributed by atoms with van der Waals surface area (Å²) in [5, 5.41) is 9.71. The predicted octanol–water partition coefficient (Wildman–Crippen LogP) is 2.68. The SMILES string of the molecule is CCCN(CC(=O)O)C(=O)c1cc2cccc(C)c2o1. The molecule has 0 aliphatic heterocycles.